The molecule has 0 saturated carbocycles. The van der Waals surface area contributed by atoms with Gasteiger partial charge >= 0.3 is 0 Å². The molecule has 0 rings (SSSR count). The third-order valence-electron chi connectivity index (χ3n) is 17.5. The van der Waals surface area contributed by atoms with E-state index in [1.807, 2.05) is 0 Å². The minimum Gasteiger partial charge on any atom is -0.0654 e. The van der Waals surface area contributed by atoms with Crippen molar-refractivity contribution in [3.63, 3.8) is 0 Å². The van der Waals surface area contributed by atoms with Crippen LogP contribution in [-0.2, 0) is 0 Å². The summed E-state index contributed by atoms with van der Waals surface area (Å²) in [6.45, 7) is 11.8. The first-order valence-electron chi connectivity index (χ1n) is 34.2. The third-order valence-corrected chi connectivity index (χ3v) is 17.5. The molecule has 0 aliphatic carbocycles. The van der Waals surface area contributed by atoms with Crippen LogP contribution in [0.25, 0.3) is 0 Å². The fraction of sp³-hybridized carbons (Fsp3) is 1.00. The molecule has 0 aromatic carbocycles. The van der Waals surface area contributed by atoms with Crippen LogP contribution in [0.2, 0.25) is 0 Å². The van der Waals surface area contributed by atoms with Gasteiger partial charge in [0.05, 0.1) is 0 Å². The number of unbranched alkanes of at least 4 members (excludes halogenated alkanes) is 52. The summed E-state index contributed by atoms with van der Waals surface area (Å²) < 4.78 is 0. The Labute approximate surface area is 442 Å². The first-order chi connectivity index (χ1) is 34.2. The molecule has 0 saturated heterocycles. The fourth-order valence-corrected chi connectivity index (χ4v) is 12.6. The molecule has 0 heteroatoms. The van der Waals surface area contributed by atoms with E-state index in [1.165, 1.54) is 366 Å². The van der Waals surface area contributed by atoms with Gasteiger partial charge in [0.25, 0.3) is 0 Å². The lowest BCUT2D eigenvalue weighted by Crippen LogP contribution is -2.32. The molecule has 0 N–H and O–H groups in total. The number of rotatable bonds is 63. The first-order valence-corrected chi connectivity index (χ1v) is 34.2. The maximum absolute atomic E-state index is 2.36. The van der Waals surface area contributed by atoms with Gasteiger partial charge in [0.1, 0.15) is 0 Å². The van der Waals surface area contributed by atoms with Gasteiger partial charge in [0.2, 0.25) is 0 Å². The Morgan fingerprint density at radius 1 is 0.159 bits per heavy atom. The normalized spacial score (nSPS) is 13.2. The van der Waals surface area contributed by atoms with Crippen LogP contribution in [0.15, 0.2) is 0 Å². The van der Waals surface area contributed by atoms with E-state index < -0.39 is 0 Å². The van der Waals surface area contributed by atoms with E-state index in [2.05, 4.69) is 34.6 Å². The van der Waals surface area contributed by atoms with E-state index in [1.54, 1.807) is 32.1 Å². The molecule has 0 aromatic rings. The van der Waals surface area contributed by atoms with E-state index in [4.69, 9.17) is 0 Å². The summed E-state index contributed by atoms with van der Waals surface area (Å²) in [5.74, 6) is 0.985. The van der Waals surface area contributed by atoms with Gasteiger partial charge in [-0.15, -0.1) is 0 Å². The van der Waals surface area contributed by atoms with Crippen molar-refractivity contribution in [2.75, 3.05) is 0 Å². The average molecular weight is 970 g/mol. The zero-order chi connectivity index (χ0) is 49.9. The molecule has 2 atom stereocenters. The molecule has 0 aliphatic heterocycles. The first kappa shape index (κ1) is 69.0. The summed E-state index contributed by atoms with van der Waals surface area (Å²) in [7, 11) is 0. The van der Waals surface area contributed by atoms with Crippen molar-refractivity contribution in [2.24, 2.45) is 11.3 Å². The molecule has 0 aromatic heterocycles. The molecule has 0 aliphatic rings. The van der Waals surface area contributed by atoms with Gasteiger partial charge in [0, 0.05) is 0 Å². The molecular formula is C69H140. The molecule has 0 spiro atoms. The molecule has 0 nitrogen and oxygen atoms in total. The maximum Gasteiger partial charge on any atom is -0.0269 e. The van der Waals surface area contributed by atoms with Crippen molar-refractivity contribution in [3.8, 4) is 0 Å². The summed E-state index contributed by atoms with van der Waals surface area (Å²) in [6.07, 6.45) is 92.2. The lowest BCUT2D eigenvalue weighted by molar-refractivity contribution is 0.0813. The quantitative estimate of drug-likeness (QED) is 0.0533. The topological polar surface area (TPSA) is 0 Å². The maximum atomic E-state index is 2.36. The van der Waals surface area contributed by atoms with Crippen LogP contribution in [0.5, 0.6) is 0 Å². The monoisotopic (exact) mass is 969 g/mol. The Hall–Kier alpha value is 0. The number of hydrogen-bond donors (Lipinski definition) is 0. The SMILES string of the molecule is CCCCCCCCCCCCCCCCC(CCCCCCCCCCC)C(CCCCCCCCCCCC)(CCCCCCCCCCCCC)CCCCCCCCCCCCCCC. The summed E-state index contributed by atoms with van der Waals surface area (Å²) in [5, 5.41) is 0. The molecule has 2 unspecified atom stereocenters. The van der Waals surface area contributed by atoms with Gasteiger partial charge in [-0.2, -0.15) is 0 Å². The van der Waals surface area contributed by atoms with E-state index in [-0.39, 0.29) is 0 Å². The number of hydrogen-bond acceptors (Lipinski definition) is 0. The summed E-state index contributed by atoms with van der Waals surface area (Å²) in [5.41, 5.74) is 0.619. The molecular weight excluding hydrogens is 829 g/mol. The Morgan fingerprint density at radius 2 is 0.290 bits per heavy atom. The highest BCUT2D eigenvalue weighted by molar-refractivity contribution is 4.87. The second-order valence-corrected chi connectivity index (χ2v) is 24.3. The predicted octanol–water partition coefficient (Wildman–Crippen LogP) is 26.9. The van der Waals surface area contributed by atoms with Crippen molar-refractivity contribution >= 4 is 0 Å². The largest absolute Gasteiger partial charge is 0.0654 e. The van der Waals surface area contributed by atoms with Crippen LogP contribution in [0.1, 0.15) is 433 Å². The molecule has 0 heterocycles. The lowest BCUT2D eigenvalue weighted by Gasteiger charge is -2.43. The van der Waals surface area contributed by atoms with E-state index in [0.717, 1.165) is 5.92 Å². The summed E-state index contributed by atoms with van der Waals surface area (Å²) >= 11 is 0. The zero-order valence-corrected chi connectivity index (χ0v) is 49.9. The van der Waals surface area contributed by atoms with Gasteiger partial charge in [-0.25, -0.2) is 0 Å². The molecule has 0 fully saturated rings. The highest BCUT2D eigenvalue weighted by atomic mass is 14.4. The molecule has 0 amide bonds. The van der Waals surface area contributed by atoms with Gasteiger partial charge < -0.3 is 0 Å². The van der Waals surface area contributed by atoms with Gasteiger partial charge in [-0.1, -0.05) is 401 Å². The molecule has 0 radical (unpaired) electrons. The fourth-order valence-electron chi connectivity index (χ4n) is 12.6. The minimum atomic E-state index is 0.619. The molecule has 69 heavy (non-hydrogen) atoms. The smallest absolute Gasteiger partial charge is 0.0269 e. The van der Waals surface area contributed by atoms with Crippen molar-refractivity contribution in [1.82, 2.24) is 0 Å². The highest BCUT2D eigenvalue weighted by Crippen LogP contribution is 2.48. The van der Waals surface area contributed by atoms with Crippen molar-refractivity contribution in [1.29, 1.82) is 0 Å². The van der Waals surface area contributed by atoms with Crippen molar-refractivity contribution in [2.45, 2.75) is 433 Å². The Kier molecular flexibility index (Phi) is 60.6. The van der Waals surface area contributed by atoms with Crippen LogP contribution in [0.3, 0.4) is 0 Å². The Bertz CT molecular complexity index is 873. The van der Waals surface area contributed by atoms with Crippen molar-refractivity contribution < 1.29 is 0 Å². The predicted molar refractivity (Wildman–Crippen MR) is 321 cm³/mol. The van der Waals surface area contributed by atoms with Crippen LogP contribution in [0.4, 0.5) is 0 Å². The van der Waals surface area contributed by atoms with Crippen LogP contribution in [0, 0.1) is 11.3 Å². The average Bonchev–Trinajstić information content (AvgIpc) is 3.36. The van der Waals surface area contributed by atoms with Crippen LogP contribution < -0.4 is 0 Å². The van der Waals surface area contributed by atoms with Gasteiger partial charge in [-0.3, -0.25) is 0 Å². The van der Waals surface area contributed by atoms with E-state index >= 15 is 0 Å². The minimum absolute atomic E-state index is 0.619. The van der Waals surface area contributed by atoms with Gasteiger partial charge in [0.15, 0.2) is 0 Å². The summed E-state index contributed by atoms with van der Waals surface area (Å²) in [4.78, 5) is 0. The van der Waals surface area contributed by atoms with Crippen molar-refractivity contribution in [3.05, 3.63) is 0 Å². The van der Waals surface area contributed by atoms with Gasteiger partial charge in [-0.05, 0) is 43.4 Å². The second kappa shape index (κ2) is 60.6. The van der Waals surface area contributed by atoms with Crippen LogP contribution in [-0.4, -0.2) is 0 Å². The molecule has 0 bridgehead atoms. The molecule has 416 valence electrons. The standard InChI is InChI=1S/C69H140/c1-6-11-16-21-26-31-35-37-38-40-44-49-54-59-64-68(63-58-53-48-43-30-25-20-15-10-5)69(65-60-55-50-45-34-29-24-19-14-9-4,66-61-56-51-46-41-33-28-23-18-13-8-3)67-62-57-52-47-42-39-36-32-27-22-17-12-7-2/h68H,6-67H2,1-5H3. The third kappa shape index (κ3) is 51.3. The van der Waals surface area contributed by atoms with E-state index in [0.29, 0.717) is 5.41 Å². The van der Waals surface area contributed by atoms with Crippen LogP contribution >= 0.6 is 0 Å². The summed E-state index contributed by atoms with van der Waals surface area (Å²) in [6, 6.07) is 0. The lowest BCUT2D eigenvalue weighted by atomic mass is 9.62. The highest BCUT2D eigenvalue weighted by Gasteiger charge is 2.36. The second-order valence-electron chi connectivity index (χ2n) is 24.3. The van der Waals surface area contributed by atoms with E-state index in [9.17, 15) is 0 Å². The Balaban J connectivity index is 5.77. The zero-order valence-electron chi connectivity index (χ0n) is 49.9. The Morgan fingerprint density at radius 3 is 0.449 bits per heavy atom.